The SMILES string of the molecule is O=C1c2ccccc2NC12c1ccccc1-c1ccccc12. The molecule has 0 saturated heterocycles. The summed E-state index contributed by atoms with van der Waals surface area (Å²) in [5, 5.41) is 3.52. The minimum absolute atomic E-state index is 0.139. The van der Waals surface area contributed by atoms with E-state index in [9.17, 15) is 4.79 Å². The molecule has 0 bridgehead atoms. The number of carbonyl (C=O) groups is 1. The quantitative estimate of drug-likeness (QED) is 0.669. The van der Waals surface area contributed by atoms with Gasteiger partial charge in [-0.1, -0.05) is 60.7 Å². The first kappa shape index (κ1) is 11.8. The third-order valence-corrected chi connectivity index (χ3v) is 4.79. The van der Waals surface area contributed by atoms with E-state index in [0.717, 1.165) is 33.5 Å². The lowest BCUT2D eigenvalue weighted by atomic mass is 9.84. The van der Waals surface area contributed by atoms with Gasteiger partial charge >= 0.3 is 0 Å². The number of hydrogen-bond donors (Lipinski definition) is 1. The number of fused-ring (bicyclic) bond motifs is 6. The van der Waals surface area contributed by atoms with Crippen molar-refractivity contribution < 1.29 is 4.79 Å². The lowest BCUT2D eigenvalue weighted by molar-refractivity contribution is 0.0943. The summed E-state index contributed by atoms with van der Waals surface area (Å²) in [7, 11) is 0. The first-order valence-corrected chi connectivity index (χ1v) is 7.44. The van der Waals surface area contributed by atoms with E-state index in [1.807, 2.05) is 48.5 Å². The van der Waals surface area contributed by atoms with Crippen molar-refractivity contribution in [2.45, 2.75) is 5.54 Å². The molecule has 1 N–H and O–H groups in total. The van der Waals surface area contributed by atoms with Crippen LogP contribution >= 0.6 is 0 Å². The summed E-state index contributed by atoms with van der Waals surface area (Å²) in [6.45, 7) is 0. The average Bonchev–Trinajstić information content (AvgIpc) is 3.04. The second-order valence-corrected chi connectivity index (χ2v) is 5.84. The van der Waals surface area contributed by atoms with Gasteiger partial charge in [0.05, 0.1) is 0 Å². The van der Waals surface area contributed by atoms with E-state index in [2.05, 4.69) is 29.6 Å². The van der Waals surface area contributed by atoms with Gasteiger partial charge in [-0.2, -0.15) is 0 Å². The summed E-state index contributed by atoms with van der Waals surface area (Å²) < 4.78 is 0. The lowest BCUT2D eigenvalue weighted by Gasteiger charge is -2.26. The first-order valence-electron chi connectivity index (χ1n) is 7.44. The molecule has 0 fully saturated rings. The van der Waals surface area contributed by atoms with Crippen LogP contribution in [0.3, 0.4) is 0 Å². The molecule has 0 atom stereocenters. The number of Topliss-reactive ketones (excluding diaryl/α,β-unsaturated/α-hetero) is 1. The van der Waals surface area contributed by atoms with Crippen LogP contribution in [0.25, 0.3) is 11.1 Å². The Morgan fingerprint density at radius 3 is 1.73 bits per heavy atom. The van der Waals surface area contributed by atoms with Crippen molar-refractivity contribution >= 4 is 11.5 Å². The summed E-state index contributed by atoms with van der Waals surface area (Å²) in [4.78, 5) is 13.3. The summed E-state index contributed by atoms with van der Waals surface area (Å²) in [5.74, 6) is 0.139. The number of ketones is 1. The molecular formula is C20H13NO. The first-order chi connectivity index (χ1) is 10.8. The Morgan fingerprint density at radius 1 is 0.636 bits per heavy atom. The van der Waals surface area contributed by atoms with Gasteiger partial charge < -0.3 is 5.32 Å². The van der Waals surface area contributed by atoms with Gasteiger partial charge in [-0.15, -0.1) is 0 Å². The molecule has 0 radical (unpaired) electrons. The predicted octanol–water partition coefficient (Wildman–Crippen LogP) is 4.22. The fourth-order valence-electron chi connectivity index (χ4n) is 3.87. The average molecular weight is 283 g/mol. The van der Waals surface area contributed by atoms with Crippen LogP contribution in [0.1, 0.15) is 21.5 Å². The molecular weight excluding hydrogens is 270 g/mol. The monoisotopic (exact) mass is 283 g/mol. The van der Waals surface area contributed by atoms with Crippen molar-refractivity contribution in [3.8, 4) is 11.1 Å². The molecule has 104 valence electrons. The highest BCUT2D eigenvalue weighted by Gasteiger charge is 2.53. The van der Waals surface area contributed by atoms with Gasteiger partial charge in [0.1, 0.15) is 0 Å². The van der Waals surface area contributed by atoms with Crippen molar-refractivity contribution in [1.29, 1.82) is 0 Å². The minimum Gasteiger partial charge on any atom is -0.365 e. The van der Waals surface area contributed by atoms with Gasteiger partial charge in [-0.05, 0) is 34.4 Å². The van der Waals surface area contributed by atoms with Crippen LogP contribution in [0.2, 0.25) is 0 Å². The predicted molar refractivity (Wildman–Crippen MR) is 87.1 cm³/mol. The Labute approximate surface area is 128 Å². The topological polar surface area (TPSA) is 29.1 Å². The molecule has 2 nitrogen and oxygen atoms in total. The Bertz CT molecular complexity index is 896. The molecule has 0 saturated carbocycles. The molecule has 0 aromatic heterocycles. The maximum atomic E-state index is 13.3. The number of anilines is 1. The zero-order chi connectivity index (χ0) is 14.7. The van der Waals surface area contributed by atoms with Gasteiger partial charge in [0.15, 0.2) is 11.3 Å². The van der Waals surface area contributed by atoms with Crippen molar-refractivity contribution in [2.24, 2.45) is 0 Å². The van der Waals surface area contributed by atoms with Gasteiger partial charge in [0, 0.05) is 11.3 Å². The highest BCUT2D eigenvalue weighted by atomic mass is 16.1. The summed E-state index contributed by atoms with van der Waals surface area (Å²) in [6.07, 6.45) is 0. The standard InChI is InChI=1S/C20H13NO/c22-19-15-9-3-6-12-18(15)21-20(19)16-10-4-1-7-13(16)14-8-2-5-11-17(14)20/h1-12,21H. The Kier molecular flexibility index (Phi) is 2.06. The Balaban J connectivity index is 1.89. The van der Waals surface area contributed by atoms with Crippen LogP contribution < -0.4 is 5.32 Å². The van der Waals surface area contributed by atoms with Crippen molar-refractivity contribution in [1.82, 2.24) is 0 Å². The van der Waals surface area contributed by atoms with Crippen LogP contribution in [0.5, 0.6) is 0 Å². The molecule has 1 aliphatic heterocycles. The number of para-hydroxylation sites is 1. The highest BCUT2D eigenvalue weighted by Crippen LogP contribution is 2.53. The van der Waals surface area contributed by atoms with Crippen molar-refractivity contribution in [3.05, 3.63) is 89.5 Å². The van der Waals surface area contributed by atoms with Gasteiger partial charge in [0.25, 0.3) is 0 Å². The molecule has 1 aliphatic carbocycles. The van der Waals surface area contributed by atoms with Crippen LogP contribution in [0.15, 0.2) is 72.8 Å². The van der Waals surface area contributed by atoms with E-state index in [0.29, 0.717) is 0 Å². The maximum Gasteiger partial charge on any atom is 0.199 e. The van der Waals surface area contributed by atoms with Gasteiger partial charge in [0.2, 0.25) is 0 Å². The molecule has 2 heteroatoms. The second kappa shape index (κ2) is 3.86. The third kappa shape index (κ3) is 1.19. The Hall–Kier alpha value is -2.87. The van der Waals surface area contributed by atoms with Crippen LogP contribution in [0, 0.1) is 0 Å². The largest absolute Gasteiger partial charge is 0.365 e. The molecule has 0 amide bonds. The van der Waals surface area contributed by atoms with E-state index in [1.165, 1.54) is 0 Å². The number of rotatable bonds is 0. The molecule has 3 aromatic rings. The van der Waals surface area contributed by atoms with Crippen LogP contribution in [0.4, 0.5) is 5.69 Å². The van der Waals surface area contributed by atoms with Crippen LogP contribution in [-0.2, 0) is 5.54 Å². The summed E-state index contributed by atoms with van der Waals surface area (Å²) in [5.41, 5.74) is 5.32. The number of carbonyl (C=O) groups excluding carboxylic acids is 1. The Morgan fingerprint density at radius 2 is 1.14 bits per heavy atom. The molecule has 2 aliphatic rings. The second-order valence-electron chi connectivity index (χ2n) is 5.84. The normalized spacial score (nSPS) is 16.1. The molecule has 1 spiro atoms. The highest BCUT2D eigenvalue weighted by molar-refractivity contribution is 6.18. The van der Waals surface area contributed by atoms with Gasteiger partial charge in [-0.25, -0.2) is 0 Å². The molecule has 3 aromatic carbocycles. The zero-order valence-corrected chi connectivity index (χ0v) is 11.8. The molecule has 22 heavy (non-hydrogen) atoms. The molecule has 5 rings (SSSR count). The smallest absolute Gasteiger partial charge is 0.199 e. The zero-order valence-electron chi connectivity index (χ0n) is 11.8. The lowest BCUT2D eigenvalue weighted by Crippen LogP contribution is -2.37. The summed E-state index contributed by atoms with van der Waals surface area (Å²) >= 11 is 0. The fraction of sp³-hybridized carbons (Fsp3) is 0.0500. The van der Waals surface area contributed by atoms with E-state index < -0.39 is 5.54 Å². The van der Waals surface area contributed by atoms with Crippen molar-refractivity contribution in [2.75, 3.05) is 5.32 Å². The van der Waals surface area contributed by atoms with Crippen molar-refractivity contribution in [3.63, 3.8) is 0 Å². The van der Waals surface area contributed by atoms with E-state index in [-0.39, 0.29) is 5.78 Å². The minimum atomic E-state index is -0.767. The third-order valence-electron chi connectivity index (χ3n) is 4.79. The van der Waals surface area contributed by atoms with E-state index >= 15 is 0 Å². The fourth-order valence-corrected chi connectivity index (χ4v) is 3.87. The number of benzene rings is 3. The maximum absolute atomic E-state index is 13.3. The number of hydrogen-bond acceptors (Lipinski definition) is 2. The number of nitrogens with one attached hydrogen (secondary N) is 1. The molecule has 0 unspecified atom stereocenters. The molecule has 1 heterocycles. The summed E-state index contributed by atoms with van der Waals surface area (Å²) in [6, 6.07) is 24.2. The van der Waals surface area contributed by atoms with E-state index in [1.54, 1.807) is 0 Å². The van der Waals surface area contributed by atoms with E-state index in [4.69, 9.17) is 0 Å². The van der Waals surface area contributed by atoms with Gasteiger partial charge in [-0.3, -0.25) is 4.79 Å². The van der Waals surface area contributed by atoms with Crippen LogP contribution in [-0.4, -0.2) is 5.78 Å².